The van der Waals surface area contributed by atoms with Gasteiger partial charge in [-0.05, 0) is 37.8 Å². The van der Waals surface area contributed by atoms with E-state index in [0.717, 1.165) is 25.7 Å². The fourth-order valence-electron chi connectivity index (χ4n) is 3.88. The number of hydrogen-bond acceptors (Lipinski definition) is 6. The van der Waals surface area contributed by atoms with Crippen LogP contribution in [-0.4, -0.2) is 42.1 Å². The Labute approximate surface area is 163 Å². The van der Waals surface area contributed by atoms with Crippen molar-refractivity contribution in [3.63, 3.8) is 0 Å². The van der Waals surface area contributed by atoms with E-state index in [0.29, 0.717) is 19.4 Å². The van der Waals surface area contributed by atoms with Crippen molar-refractivity contribution in [2.24, 2.45) is 5.41 Å². The van der Waals surface area contributed by atoms with Gasteiger partial charge in [0, 0.05) is 18.3 Å². The van der Waals surface area contributed by atoms with Gasteiger partial charge in [0.25, 0.3) is 0 Å². The van der Waals surface area contributed by atoms with Crippen LogP contribution >= 0.6 is 0 Å². The third-order valence-corrected chi connectivity index (χ3v) is 5.52. The molecule has 2 aliphatic rings. The Bertz CT molecular complexity index is 763. The molecule has 1 saturated heterocycles. The van der Waals surface area contributed by atoms with E-state index in [9.17, 15) is 9.59 Å². The molecule has 1 unspecified atom stereocenters. The van der Waals surface area contributed by atoms with Crippen molar-refractivity contribution in [3.05, 3.63) is 23.8 Å². The lowest BCUT2D eigenvalue weighted by molar-refractivity contribution is -0.148. The Morgan fingerprint density at radius 2 is 2.11 bits per heavy atom. The minimum absolute atomic E-state index is 0.0915. The summed E-state index contributed by atoms with van der Waals surface area (Å²) in [4.78, 5) is 25.8. The van der Waals surface area contributed by atoms with Crippen LogP contribution in [0.25, 0.3) is 0 Å². The van der Waals surface area contributed by atoms with Gasteiger partial charge in [-0.3, -0.25) is 25.7 Å². The van der Waals surface area contributed by atoms with E-state index in [1.807, 2.05) is 0 Å². The fourth-order valence-corrected chi connectivity index (χ4v) is 3.88. The van der Waals surface area contributed by atoms with Gasteiger partial charge in [-0.25, -0.2) is 0 Å². The predicted octanol–water partition coefficient (Wildman–Crippen LogP) is 0.907. The molecule has 1 aliphatic carbocycles. The number of piperidine rings is 1. The van der Waals surface area contributed by atoms with Crippen molar-refractivity contribution in [1.29, 1.82) is 5.41 Å². The molecule has 1 heterocycles. The number of nitrogens with one attached hydrogen (secondary N) is 4. The monoisotopic (exact) mass is 389 g/mol. The fraction of sp³-hybridized carbons (Fsp3) is 0.526. The summed E-state index contributed by atoms with van der Waals surface area (Å²) in [5, 5.41) is 22.7. The van der Waals surface area contributed by atoms with Gasteiger partial charge in [-0.1, -0.05) is 18.9 Å². The van der Waals surface area contributed by atoms with E-state index < -0.39 is 5.41 Å². The molecule has 0 aromatic heterocycles. The Morgan fingerprint density at radius 1 is 1.36 bits per heavy atom. The van der Waals surface area contributed by atoms with Gasteiger partial charge in [0.2, 0.25) is 11.8 Å². The summed E-state index contributed by atoms with van der Waals surface area (Å²) in [5.41, 5.74) is 6.73. The number of hydrogen-bond donors (Lipinski definition) is 6. The molecular weight excluding hydrogens is 362 g/mol. The first-order valence-corrected chi connectivity index (χ1v) is 9.57. The van der Waals surface area contributed by atoms with Crippen LogP contribution in [0.2, 0.25) is 0 Å². The molecular formula is C19H27N5O4. The van der Waals surface area contributed by atoms with Crippen LogP contribution in [0.1, 0.15) is 44.1 Å². The first-order chi connectivity index (χ1) is 13.5. The average Bonchev–Trinajstić information content (AvgIpc) is 3.20. The lowest BCUT2D eigenvalue weighted by atomic mass is 9.79. The molecule has 7 N–H and O–H groups in total. The highest BCUT2D eigenvalue weighted by molar-refractivity contribution is 6.06. The van der Waals surface area contributed by atoms with E-state index >= 15 is 0 Å². The number of carbonyl (C=O) groups excluding carboxylic acids is 2. The molecule has 0 spiro atoms. The second kappa shape index (κ2) is 8.47. The largest absolute Gasteiger partial charge is 0.491 e. The highest BCUT2D eigenvalue weighted by atomic mass is 16.5. The van der Waals surface area contributed by atoms with Crippen LogP contribution in [0.5, 0.6) is 5.75 Å². The first kappa shape index (κ1) is 19.9. The maximum absolute atomic E-state index is 13.1. The van der Waals surface area contributed by atoms with Crippen molar-refractivity contribution in [1.82, 2.24) is 16.1 Å². The third-order valence-electron chi connectivity index (χ3n) is 5.52. The Morgan fingerprint density at radius 3 is 2.79 bits per heavy atom. The summed E-state index contributed by atoms with van der Waals surface area (Å²) in [6.45, 7) is 0.354. The molecule has 1 saturated carbocycles. The van der Waals surface area contributed by atoms with Crippen LogP contribution in [-0.2, 0) is 9.59 Å². The zero-order chi connectivity index (χ0) is 20.1. The lowest BCUT2D eigenvalue weighted by Crippen LogP contribution is -2.58. The van der Waals surface area contributed by atoms with E-state index in [4.69, 9.17) is 21.1 Å². The van der Waals surface area contributed by atoms with Gasteiger partial charge in [-0.2, -0.15) is 0 Å². The third kappa shape index (κ3) is 3.89. The molecule has 1 atom stereocenters. The Kier molecular flexibility index (Phi) is 6.03. The lowest BCUT2D eigenvalue weighted by Gasteiger charge is -2.35. The summed E-state index contributed by atoms with van der Waals surface area (Å²) in [6.07, 6.45) is 5.04. The van der Waals surface area contributed by atoms with Gasteiger partial charge in [0.1, 0.15) is 12.4 Å². The molecule has 3 rings (SSSR count). The number of rotatable bonds is 6. The molecule has 0 bridgehead atoms. The minimum atomic E-state index is -1.34. The molecule has 1 aliphatic heterocycles. The number of amidine groups is 1. The van der Waals surface area contributed by atoms with Crippen LogP contribution in [0.4, 0.5) is 5.69 Å². The second-order valence-corrected chi connectivity index (χ2v) is 7.39. The number of ether oxygens (including phenoxy) is 1. The van der Waals surface area contributed by atoms with Crippen molar-refractivity contribution in [2.45, 2.75) is 44.6 Å². The van der Waals surface area contributed by atoms with E-state index in [-0.39, 0.29) is 47.3 Å². The predicted molar refractivity (Wildman–Crippen MR) is 103 cm³/mol. The van der Waals surface area contributed by atoms with Crippen LogP contribution in [0, 0.1) is 10.8 Å². The number of nitrogens with two attached hydrogens (primary N) is 1. The Balaban J connectivity index is 1.83. The Hall–Kier alpha value is -2.81. The highest BCUT2D eigenvalue weighted by Gasteiger charge is 2.49. The summed E-state index contributed by atoms with van der Waals surface area (Å²) >= 11 is 0. The van der Waals surface area contributed by atoms with Crippen LogP contribution in [0.3, 0.4) is 0 Å². The molecule has 1 aromatic rings. The normalized spacial score (nSPS) is 22.4. The molecule has 9 nitrogen and oxygen atoms in total. The smallest absolute Gasteiger partial charge is 0.239 e. The molecule has 28 heavy (non-hydrogen) atoms. The summed E-state index contributed by atoms with van der Waals surface area (Å²) in [7, 11) is 0. The topological polar surface area (TPSA) is 150 Å². The molecule has 152 valence electrons. The summed E-state index contributed by atoms with van der Waals surface area (Å²) < 4.78 is 5.85. The van der Waals surface area contributed by atoms with E-state index in [1.165, 1.54) is 0 Å². The quantitative estimate of drug-likeness (QED) is 0.140. The molecule has 1 aromatic carbocycles. The molecule has 9 heteroatoms. The number of hydroxylamine groups is 1. The van der Waals surface area contributed by atoms with Gasteiger partial charge in [-0.15, -0.1) is 0 Å². The van der Waals surface area contributed by atoms with Gasteiger partial charge in [0.05, 0.1) is 5.56 Å². The summed E-state index contributed by atoms with van der Waals surface area (Å²) in [6, 6.07) is 4.89. The van der Waals surface area contributed by atoms with Crippen molar-refractivity contribution < 1.29 is 19.5 Å². The second-order valence-electron chi connectivity index (χ2n) is 7.39. The van der Waals surface area contributed by atoms with E-state index in [2.05, 4.69) is 10.6 Å². The van der Waals surface area contributed by atoms with Crippen molar-refractivity contribution >= 4 is 23.3 Å². The molecule has 2 fully saturated rings. The minimum Gasteiger partial charge on any atom is -0.491 e. The van der Waals surface area contributed by atoms with Crippen molar-refractivity contribution in [3.8, 4) is 5.75 Å². The summed E-state index contributed by atoms with van der Waals surface area (Å²) in [5.74, 6) is -0.781. The molecule has 2 amide bonds. The number of nitrogen functional groups attached to an aromatic ring is 1. The number of benzene rings is 1. The van der Waals surface area contributed by atoms with Gasteiger partial charge < -0.3 is 21.1 Å². The highest BCUT2D eigenvalue weighted by Crippen LogP contribution is 2.32. The number of carbonyl (C=O) groups is 2. The zero-order valence-corrected chi connectivity index (χ0v) is 15.7. The van der Waals surface area contributed by atoms with Gasteiger partial charge in [0.15, 0.2) is 11.3 Å². The standard InChI is InChI=1S/C19H27N5O4/c20-13-7-3-8-14(15(13)16(21)24-27)28-11-19(9-4-10-22-17(19)25)18(26)23-12-5-1-2-6-12/h3,7-8,12,27H,1-2,4-6,9-11,20H2,(H2,21,24)(H,22,25)(H,23,26). The average molecular weight is 389 g/mol. The number of anilines is 1. The maximum atomic E-state index is 13.1. The van der Waals surface area contributed by atoms with Crippen molar-refractivity contribution in [2.75, 3.05) is 18.9 Å². The van der Waals surface area contributed by atoms with Crippen LogP contribution in [0.15, 0.2) is 18.2 Å². The SMILES string of the molecule is N=C(NO)c1c(N)cccc1OCC1(C(=O)NC2CCCC2)CCCNC1=O. The van der Waals surface area contributed by atoms with Gasteiger partial charge >= 0.3 is 0 Å². The number of amides is 2. The molecule has 0 radical (unpaired) electrons. The van der Waals surface area contributed by atoms with E-state index in [1.54, 1.807) is 23.7 Å². The maximum Gasteiger partial charge on any atom is 0.239 e. The van der Waals surface area contributed by atoms with Crippen LogP contribution < -0.4 is 26.6 Å². The first-order valence-electron chi connectivity index (χ1n) is 9.57. The zero-order valence-electron chi connectivity index (χ0n) is 15.7.